The lowest BCUT2D eigenvalue weighted by Gasteiger charge is -2.33. The van der Waals surface area contributed by atoms with Gasteiger partial charge in [0.05, 0.1) is 0 Å². The van der Waals surface area contributed by atoms with Crippen LogP contribution in [0.25, 0.3) is 11.1 Å². The van der Waals surface area contributed by atoms with Crippen molar-refractivity contribution in [2.45, 2.75) is 25.3 Å². The molecule has 0 saturated carbocycles. The normalized spacial score (nSPS) is 18.2. The minimum absolute atomic E-state index is 0.655. The van der Waals surface area contributed by atoms with Gasteiger partial charge in [-0.1, -0.05) is 84.9 Å². The smallest absolute Gasteiger partial charge is 0.0233 e. The molecular formula is C24H25N. The molecule has 0 amide bonds. The highest BCUT2D eigenvalue weighted by Crippen LogP contribution is 2.29. The molecule has 0 spiro atoms. The number of nitrogens with zero attached hydrogens (tertiary/aromatic N) is 1. The van der Waals surface area contributed by atoms with E-state index in [9.17, 15) is 0 Å². The first-order valence-electron chi connectivity index (χ1n) is 9.30. The van der Waals surface area contributed by atoms with Crippen LogP contribution in [0.15, 0.2) is 84.9 Å². The Kier molecular flexibility index (Phi) is 4.94. The highest BCUT2D eigenvalue weighted by Gasteiger charge is 2.21. The van der Waals surface area contributed by atoms with E-state index in [0.29, 0.717) is 5.92 Å². The summed E-state index contributed by atoms with van der Waals surface area (Å²) in [6.07, 6.45) is 2.59. The summed E-state index contributed by atoms with van der Waals surface area (Å²) < 4.78 is 0. The first-order valence-corrected chi connectivity index (χ1v) is 9.30. The van der Waals surface area contributed by atoms with Crippen molar-refractivity contribution >= 4 is 0 Å². The molecule has 1 fully saturated rings. The highest BCUT2D eigenvalue weighted by atomic mass is 15.1. The van der Waals surface area contributed by atoms with Crippen molar-refractivity contribution in [2.75, 3.05) is 13.1 Å². The predicted octanol–water partition coefficient (Wildman–Crippen LogP) is 5.73. The second-order valence-corrected chi connectivity index (χ2v) is 7.05. The molecule has 0 N–H and O–H groups in total. The molecule has 0 bridgehead atoms. The third-order valence-corrected chi connectivity index (χ3v) is 5.24. The van der Waals surface area contributed by atoms with Crippen molar-refractivity contribution in [1.82, 2.24) is 4.90 Å². The molecule has 1 saturated heterocycles. The Morgan fingerprint density at radius 3 is 2.08 bits per heavy atom. The fourth-order valence-corrected chi connectivity index (χ4v) is 3.89. The van der Waals surface area contributed by atoms with Gasteiger partial charge in [0.2, 0.25) is 0 Å². The van der Waals surface area contributed by atoms with E-state index in [1.165, 1.54) is 48.2 Å². The van der Waals surface area contributed by atoms with Crippen LogP contribution >= 0.6 is 0 Å². The van der Waals surface area contributed by atoms with Crippen molar-refractivity contribution in [3.8, 4) is 11.1 Å². The largest absolute Gasteiger partial charge is 0.298 e. The average molecular weight is 327 g/mol. The topological polar surface area (TPSA) is 3.24 Å². The molecule has 1 aliphatic rings. The Labute approximate surface area is 150 Å². The Hall–Kier alpha value is -2.38. The molecule has 1 nitrogen and oxygen atoms in total. The minimum Gasteiger partial charge on any atom is -0.298 e. The zero-order valence-corrected chi connectivity index (χ0v) is 14.6. The molecule has 3 aromatic rings. The number of benzene rings is 3. The molecule has 0 aliphatic carbocycles. The third-order valence-electron chi connectivity index (χ3n) is 5.24. The van der Waals surface area contributed by atoms with Gasteiger partial charge in [0.15, 0.2) is 0 Å². The van der Waals surface area contributed by atoms with E-state index in [1.54, 1.807) is 0 Å². The molecule has 25 heavy (non-hydrogen) atoms. The molecule has 0 radical (unpaired) electrons. The molecule has 1 heteroatoms. The van der Waals surface area contributed by atoms with Crippen molar-refractivity contribution in [3.05, 3.63) is 96.1 Å². The molecule has 1 heterocycles. The second-order valence-electron chi connectivity index (χ2n) is 7.05. The van der Waals surface area contributed by atoms with Gasteiger partial charge in [-0.05, 0) is 47.6 Å². The van der Waals surface area contributed by atoms with Crippen LogP contribution in [0.1, 0.15) is 29.9 Å². The second kappa shape index (κ2) is 7.67. The molecule has 126 valence electrons. The minimum atomic E-state index is 0.655. The zero-order valence-electron chi connectivity index (χ0n) is 14.6. The summed E-state index contributed by atoms with van der Waals surface area (Å²) in [4.78, 5) is 2.61. The van der Waals surface area contributed by atoms with E-state index in [0.717, 1.165) is 6.54 Å². The zero-order chi connectivity index (χ0) is 16.9. The maximum Gasteiger partial charge on any atom is 0.0233 e. The quantitative estimate of drug-likeness (QED) is 0.591. The number of piperidine rings is 1. The summed E-state index contributed by atoms with van der Waals surface area (Å²) in [6.45, 7) is 3.45. The lowest BCUT2D eigenvalue weighted by Crippen LogP contribution is -2.33. The van der Waals surface area contributed by atoms with E-state index in [1.807, 2.05) is 0 Å². The first-order chi connectivity index (χ1) is 12.4. The van der Waals surface area contributed by atoms with Crippen molar-refractivity contribution in [2.24, 2.45) is 0 Å². The van der Waals surface area contributed by atoms with Gasteiger partial charge >= 0.3 is 0 Å². The Bertz CT molecular complexity index is 777. The van der Waals surface area contributed by atoms with Crippen LogP contribution in [-0.4, -0.2) is 18.0 Å². The van der Waals surface area contributed by atoms with E-state index in [4.69, 9.17) is 0 Å². The predicted molar refractivity (Wildman–Crippen MR) is 106 cm³/mol. The van der Waals surface area contributed by atoms with Crippen LogP contribution < -0.4 is 0 Å². The Balaban J connectivity index is 1.44. The number of hydrogen-bond acceptors (Lipinski definition) is 1. The average Bonchev–Trinajstić information content (AvgIpc) is 2.70. The number of rotatable bonds is 4. The van der Waals surface area contributed by atoms with Crippen LogP contribution in [0.3, 0.4) is 0 Å². The lowest BCUT2D eigenvalue weighted by atomic mass is 9.89. The monoisotopic (exact) mass is 327 g/mol. The van der Waals surface area contributed by atoms with Gasteiger partial charge in [0, 0.05) is 13.1 Å². The van der Waals surface area contributed by atoms with Crippen LogP contribution in [0.2, 0.25) is 0 Å². The maximum atomic E-state index is 2.61. The fourth-order valence-electron chi connectivity index (χ4n) is 3.89. The van der Waals surface area contributed by atoms with Gasteiger partial charge in [-0.15, -0.1) is 0 Å². The molecule has 1 atom stereocenters. The fraction of sp³-hybridized carbons (Fsp3) is 0.250. The SMILES string of the molecule is c1ccc(CN2CCC[C@H](c3ccc(-c4ccccc4)cc3)C2)cc1. The van der Waals surface area contributed by atoms with E-state index in [-0.39, 0.29) is 0 Å². The summed E-state index contributed by atoms with van der Waals surface area (Å²) in [6, 6.07) is 30.7. The molecule has 0 unspecified atom stereocenters. The Morgan fingerprint density at radius 2 is 1.36 bits per heavy atom. The lowest BCUT2D eigenvalue weighted by molar-refractivity contribution is 0.200. The van der Waals surface area contributed by atoms with E-state index < -0.39 is 0 Å². The molecule has 3 aromatic carbocycles. The summed E-state index contributed by atoms with van der Waals surface area (Å²) in [5.74, 6) is 0.655. The van der Waals surface area contributed by atoms with Gasteiger partial charge in [-0.25, -0.2) is 0 Å². The van der Waals surface area contributed by atoms with Crippen molar-refractivity contribution < 1.29 is 0 Å². The number of likely N-dealkylation sites (tertiary alicyclic amines) is 1. The molecule has 4 rings (SSSR count). The van der Waals surface area contributed by atoms with Gasteiger partial charge in [-0.3, -0.25) is 4.90 Å². The van der Waals surface area contributed by atoms with Crippen molar-refractivity contribution in [1.29, 1.82) is 0 Å². The third kappa shape index (κ3) is 4.00. The van der Waals surface area contributed by atoms with Gasteiger partial charge in [0.25, 0.3) is 0 Å². The summed E-state index contributed by atoms with van der Waals surface area (Å²) >= 11 is 0. The van der Waals surface area contributed by atoms with E-state index in [2.05, 4.69) is 89.8 Å². The summed E-state index contributed by atoms with van der Waals surface area (Å²) in [5, 5.41) is 0. The van der Waals surface area contributed by atoms with E-state index >= 15 is 0 Å². The standard InChI is InChI=1S/C24H25N/c1-3-8-20(9-4-1)18-25-17-7-12-24(19-25)23-15-13-22(14-16-23)21-10-5-2-6-11-21/h1-6,8-11,13-16,24H,7,12,17-19H2/t24-/m0/s1. The van der Waals surface area contributed by atoms with Gasteiger partial charge in [-0.2, -0.15) is 0 Å². The maximum absolute atomic E-state index is 2.61. The van der Waals surface area contributed by atoms with Crippen LogP contribution in [0, 0.1) is 0 Å². The summed E-state index contributed by atoms with van der Waals surface area (Å²) in [5.41, 5.74) is 5.50. The van der Waals surface area contributed by atoms with Crippen molar-refractivity contribution in [3.63, 3.8) is 0 Å². The highest BCUT2D eigenvalue weighted by molar-refractivity contribution is 5.63. The van der Waals surface area contributed by atoms with Gasteiger partial charge < -0.3 is 0 Å². The summed E-state index contributed by atoms with van der Waals surface area (Å²) in [7, 11) is 0. The molecular weight excluding hydrogens is 302 g/mol. The molecule has 1 aliphatic heterocycles. The van der Waals surface area contributed by atoms with Crippen LogP contribution in [0.5, 0.6) is 0 Å². The Morgan fingerprint density at radius 1 is 0.720 bits per heavy atom. The molecule has 0 aromatic heterocycles. The first kappa shape index (κ1) is 16.1. The van der Waals surface area contributed by atoms with Crippen LogP contribution in [-0.2, 0) is 6.54 Å². The van der Waals surface area contributed by atoms with Gasteiger partial charge in [0.1, 0.15) is 0 Å². The number of hydrogen-bond donors (Lipinski definition) is 0. The van der Waals surface area contributed by atoms with Crippen LogP contribution in [0.4, 0.5) is 0 Å².